The molecule has 0 aliphatic carbocycles. The summed E-state index contributed by atoms with van der Waals surface area (Å²) < 4.78 is 1.88. The van der Waals surface area contributed by atoms with Gasteiger partial charge in [-0.1, -0.05) is 12.1 Å². The van der Waals surface area contributed by atoms with Crippen molar-refractivity contribution in [3.05, 3.63) is 93.3 Å². The molecule has 1 aromatic carbocycles. The molecule has 180 valence electrons. The number of nitrogens with zero attached hydrogens (tertiary/aromatic N) is 4. The number of amides is 1. The Labute approximate surface area is 202 Å². The summed E-state index contributed by atoms with van der Waals surface area (Å²) in [5.41, 5.74) is 3.95. The number of piperidine rings is 1. The molecule has 9 heteroatoms. The summed E-state index contributed by atoms with van der Waals surface area (Å²) in [6, 6.07) is 14.3. The van der Waals surface area contributed by atoms with Gasteiger partial charge in [0.25, 0.3) is 5.56 Å². The van der Waals surface area contributed by atoms with E-state index in [-0.39, 0.29) is 46.2 Å². The Morgan fingerprint density at radius 2 is 2.09 bits per heavy atom. The van der Waals surface area contributed by atoms with Gasteiger partial charge in [0, 0.05) is 61.4 Å². The highest BCUT2D eigenvalue weighted by atomic mass is 16.8. The van der Waals surface area contributed by atoms with E-state index in [1.54, 1.807) is 30.6 Å². The van der Waals surface area contributed by atoms with Crippen molar-refractivity contribution in [1.29, 1.82) is 0 Å². The number of carbonyl (C=O) groups is 1. The van der Waals surface area contributed by atoms with E-state index in [1.165, 1.54) is 0 Å². The predicted octanol–water partition coefficient (Wildman–Crippen LogP) is 2.42. The van der Waals surface area contributed by atoms with E-state index in [1.807, 2.05) is 34.9 Å². The molecule has 3 aromatic rings. The van der Waals surface area contributed by atoms with Crippen LogP contribution in [0.25, 0.3) is 0 Å². The molecule has 35 heavy (non-hydrogen) atoms. The maximum absolute atomic E-state index is 13.6. The van der Waals surface area contributed by atoms with Crippen LogP contribution < -0.4 is 21.0 Å². The molecule has 4 unspecified atom stereocenters. The highest BCUT2D eigenvalue weighted by Crippen LogP contribution is 2.47. The van der Waals surface area contributed by atoms with E-state index in [0.717, 1.165) is 28.9 Å². The summed E-state index contributed by atoms with van der Waals surface area (Å²) in [5, 5.41) is 24.0. The summed E-state index contributed by atoms with van der Waals surface area (Å²) in [5.74, 6) is -0.109. The van der Waals surface area contributed by atoms with Crippen molar-refractivity contribution in [2.24, 2.45) is 11.8 Å². The SMILES string of the molecule is O=C(NCc1cccnc1)C1Cc2cc(N([O-])O)ccc2N2CC3CC(Cn4c3cccc4=O)C12. The van der Waals surface area contributed by atoms with Gasteiger partial charge in [0.1, 0.15) is 0 Å². The number of nitrogens with one attached hydrogen (secondary N) is 1. The summed E-state index contributed by atoms with van der Waals surface area (Å²) >= 11 is 0. The van der Waals surface area contributed by atoms with Crippen molar-refractivity contribution in [2.75, 3.05) is 16.7 Å². The van der Waals surface area contributed by atoms with Crippen LogP contribution in [0.1, 0.15) is 29.2 Å². The lowest BCUT2D eigenvalue weighted by Gasteiger charge is -2.54. The van der Waals surface area contributed by atoms with Crippen LogP contribution in [0.3, 0.4) is 0 Å². The molecule has 1 amide bonds. The molecule has 3 aliphatic heterocycles. The van der Waals surface area contributed by atoms with Gasteiger partial charge in [0.2, 0.25) is 5.91 Å². The molecule has 2 bridgehead atoms. The van der Waals surface area contributed by atoms with Gasteiger partial charge in [-0.2, -0.15) is 0 Å². The molecule has 2 N–H and O–H groups in total. The van der Waals surface area contributed by atoms with Crippen LogP contribution in [0.4, 0.5) is 11.4 Å². The Bertz CT molecular complexity index is 1320. The molecule has 1 fully saturated rings. The van der Waals surface area contributed by atoms with Crippen LogP contribution in [-0.2, 0) is 24.3 Å². The predicted molar refractivity (Wildman–Crippen MR) is 130 cm³/mol. The zero-order valence-corrected chi connectivity index (χ0v) is 19.1. The molecular formula is C26H26N5O4-. The minimum atomic E-state index is -0.361. The standard InChI is InChI=1S/C26H26N5O4/c32-24-5-1-4-22-18-9-19(15-29(22)24)25-21(26(33)28-13-16-3-2-8-27-12-16)11-17-10-20(31(34)35)6-7-23(17)30(25)14-18/h1-8,10,12,18-19,21,25,34H,9,11,13-15H2,(H,28,33)/q-1. The highest BCUT2D eigenvalue weighted by Gasteiger charge is 2.49. The van der Waals surface area contributed by atoms with Gasteiger partial charge in [-0.05, 0) is 60.2 Å². The first-order valence-electron chi connectivity index (χ1n) is 11.9. The van der Waals surface area contributed by atoms with Gasteiger partial charge in [-0.15, -0.1) is 0 Å². The first-order valence-corrected chi connectivity index (χ1v) is 11.9. The van der Waals surface area contributed by atoms with Crippen molar-refractivity contribution in [3.8, 4) is 0 Å². The number of anilines is 2. The quantitative estimate of drug-likeness (QED) is 0.561. The van der Waals surface area contributed by atoms with Gasteiger partial charge in [0.15, 0.2) is 0 Å². The summed E-state index contributed by atoms with van der Waals surface area (Å²) in [7, 11) is 0. The molecule has 5 heterocycles. The Balaban J connectivity index is 1.38. The third-order valence-corrected chi connectivity index (χ3v) is 7.74. The number of pyridine rings is 2. The minimum Gasteiger partial charge on any atom is -0.733 e. The Morgan fingerprint density at radius 1 is 1.20 bits per heavy atom. The normalized spacial score (nSPS) is 24.1. The number of benzene rings is 1. The van der Waals surface area contributed by atoms with Crippen molar-refractivity contribution in [3.63, 3.8) is 0 Å². The maximum Gasteiger partial charge on any atom is 0.250 e. The third kappa shape index (κ3) is 3.77. The Kier molecular flexibility index (Phi) is 5.31. The lowest BCUT2D eigenvalue weighted by molar-refractivity contribution is -0.126. The van der Waals surface area contributed by atoms with Crippen LogP contribution in [0, 0.1) is 17.0 Å². The molecule has 9 nitrogen and oxygen atoms in total. The number of aromatic nitrogens is 2. The van der Waals surface area contributed by atoms with E-state index in [0.29, 0.717) is 26.1 Å². The fourth-order valence-electron chi connectivity index (χ4n) is 6.28. The lowest BCUT2D eigenvalue weighted by Crippen LogP contribution is -2.61. The zero-order chi connectivity index (χ0) is 24.1. The van der Waals surface area contributed by atoms with Crippen LogP contribution in [0.2, 0.25) is 0 Å². The summed E-state index contributed by atoms with van der Waals surface area (Å²) in [4.78, 5) is 32.6. The van der Waals surface area contributed by atoms with E-state index in [9.17, 15) is 20.0 Å². The van der Waals surface area contributed by atoms with E-state index in [4.69, 9.17) is 0 Å². The van der Waals surface area contributed by atoms with E-state index in [2.05, 4.69) is 15.2 Å². The number of hydrogen-bond acceptors (Lipinski definition) is 7. The molecule has 1 saturated heterocycles. The molecule has 0 spiro atoms. The Hall–Kier alpha value is -3.69. The minimum absolute atomic E-state index is 0.00237. The van der Waals surface area contributed by atoms with Crippen LogP contribution in [0.15, 0.2) is 65.7 Å². The highest BCUT2D eigenvalue weighted by molar-refractivity contribution is 5.82. The average molecular weight is 473 g/mol. The van der Waals surface area contributed by atoms with E-state index < -0.39 is 0 Å². The molecule has 3 aliphatic rings. The van der Waals surface area contributed by atoms with Gasteiger partial charge >= 0.3 is 0 Å². The first-order chi connectivity index (χ1) is 17.0. The number of rotatable bonds is 4. The summed E-state index contributed by atoms with van der Waals surface area (Å²) in [6.07, 6.45) is 4.81. The lowest BCUT2D eigenvalue weighted by atomic mass is 9.70. The van der Waals surface area contributed by atoms with Gasteiger partial charge in [0.05, 0.1) is 11.6 Å². The molecule has 6 rings (SSSR count). The van der Waals surface area contributed by atoms with Crippen molar-refractivity contribution >= 4 is 17.3 Å². The van der Waals surface area contributed by atoms with Crippen molar-refractivity contribution in [1.82, 2.24) is 14.9 Å². The molecular weight excluding hydrogens is 446 g/mol. The second-order valence-corrected chi connectivity index (χ2v) is 9.71. The zero-order valence-electron chi connectivity index (χ0n) is 19.1. The monoisotopic (exact) mass is 472 g/mol. The van der Waals surface area contributed by atoms with Crippen molar-refractivity contribution < 1.29 is 10.0 Å². The second kappa shape index (κ2) is 8.51. The number of carbonyl (C=O) groups excluding carboxylic acids is 1. The topological polar surface area (TPSA) is 114 Å². The van der Waals surface area contributed by atoms with Crippen LogP contribution in [0.5, 0.6) is 0 Å². The number of fused-ring (bicyclic) bond motifs is 8. The molecule has 0 radical (unpaired) electrons. The largest absolute Gasteiger partial charge is 0.733 e. The fourth-order valence-corrected chi connectivity index (χ4v) is 6.28. The van der Waals surface area contributed by atoms with Crippen molar-refractivity contribution in [2.45, 2.75) is 37.9 Å². The van der Waals surface area contributed by atoms with E-state index >= 15 is 0 Å². The Morgan fingerprint density at radius 3 is 2.89 bits per heavy atom. The maximum atomic E-state index is 13.6. The molecule has 2 aromatic heterocycles. The molecule has 0 saturated carbocycles. The summed E-state index contributed by atoms with van der Waals surface area (Å²) in [6.45, 7) is 1.64. The van der Waals surface area contributed by atoms with Gasteiger partial charge in [-0.25, -0.2) is 0 Å². The average Bonchev–Trinajstić information content (AvgIpc) is 2.87. The smallest absolute Gasteiger partial charge is 0.250 e. The number of hydrogen-bond donors (Lipinski definition) is 2. The third-order valence-electron chi connectivity index (χ3n) is 7.74. The van der Waals surface area contributed by atoms with Gasteiger partial charge < -0.3 is 25.2 Å². The van der Waals surface area contributed by atoms with Crippen LogP contribution >= 0.6 is 0 Å². The van der Waals surface area contributed by atoms with Crippen LogP contribution in [-0.4, -0.2) is 33.3 Å². The fraction of sp³-hybridized carbons (Fsp3) is 0.346. The van der Waals surface area contributed by atoms with Gasteiger partial charge in [-0.3, -0.25) is 19.8 Å². The molecule has 4 atom stereocenters. The second-order valence-electron chi connectivity index (χ2n) is 9.71. The first kappa shape index (κ1) is 21.8.